The van der Waals surface area contributed by atoms with Gasteiger partial charge >= 0.3 is 18.9 Å². The summed E-state index contributed by atoms with van der Waals surface area (Å²) in [7, 11) is 2.63. The average molecular weight is 118 g/mol. The van der Waals surface area contributed by atoms with Crippen molar-refractivity contribution in [1.29, 1.82) is 0 Å². The van der Waals surface area contributed by atoms with Crippen molar-refractivity contribution in [2.24, 2.45) is 0 Å². The molecule has 0 aromatic heterocycles. The molecular formula is C6H8LiP. The molecule has 1 atom stereocenters. The Balaban J connectivity index is 0. The van der Waals surface area contributed by atoms with E-state index < -0.39 is 0 Å². The minimum absolute atomic E-state index is 0. The van der Waals surface area contributed by atoms with E-state index in [0.717, 1.165) is 0 Å². The topological polar surface area (TPSA) is 0 Å². The molecule has 0 spiro atoms. The summed E-state index contributed by atoms with van der Waals surface area (Å²) in [4.78, 5) is 0. The minimum Gasteiger partial charge on any atom is -1.00 e. The van der Waals surface area contributed by atoms with Gasteiger partial charge in [-0.1, -0.05) is 30.3 Å². The molecule has 1 aromatic rings. The zero-order chi connectivity index (χ0) is 5.11. The van der Waals surface area contributed by atoms with E-state index >= 15 is 0 Å². The SMILES string of the molecule is Pc1ccccc1.[H-].[Li+]. The smallest absolute Gasteiger partial charge is 1.00 e. The molecule has 0 aliphatic rings. The molecule has 8 heavy (non-hydrogen) atoms. The summed E-state index contributed by atoms with van der Waals surface area (Å²) in [6.45, 7) is 0. The minimum atomic E-state index is 0. The molecule has 1 rings (SSSR count). The zero-order valence-electron chi connectivity index (χ0n) is 5.96. The summed E-state index contributed by atoms with van der Waals surface area (Å²) in [5, 5.41) is 1.24. The van der Waals surface area contributed by atoms with E-state index in [1.807, 2.05) is 30.3 Å². The molecule has 1 aromatic carbocycles. The Morgan fingerprint density at radius 2 is 1.62 bits per heavy atom. The van der Waals surface area contributed by atoms with Crippen LogP contribution in [-0.2, 0) is 0 Å². The van der Waals surface area contributed by atoms with Gasteiger partial charge in [-0.15, -0.1) is 9.24 Å². The fraction of sp³-hybridized carbons (Fsp3) is 0. The van der Waals surface area contributed by atoms with Gasteiger partial charge in [0.25, 0.3) is 0 Å². The van der Waals surface area contributed by atoms with Crippen LogP contribution >= 0.6 is 9.24 Å². The second kappa shape index (κ2) is 4.16. The van der Waals surface area contributed by atoms with Crippen LogP contribution in [0.4, 0.5) is 0 Å². The van der Waals surface area contributed by atoms with E-state index in [2.05, 4.69) is 9.24 Å². The monoisotopic (exact) mass is 118 g/mol. The van der Waals surface area contributed by atoms with Gasteiger partial charge in [0.15, 0.2) is 0 Å². The molecular weight excluding hydrogens is 110 g/mol. The standard InChI is InChI=1S/C6H7P.Li.H/c7-6-4-2-1-3-5-6;;/h1-5H,7H2;;/q;+1;-1. The maximum absolute atomic E-state index is 2.63. The first-order valence-electron chi connectivity index (χ1n) is 2.20. The number of hydrogen-bond acceptors (Lipinski definition) is 0. The van der Waals surface area contributed by atoms with Crippen LogP contribution in [0.1, 0.15) is 1.43 Å². The van der Waals surface area contributed by atoms with Crippen LogP contribution in [0.5, 0.6) is 0 Å². The van der Waals surface area contributed by atoms with Crippen molar-refractivity contribution < 1.29 is 20.3 Å². The summed E-state index contributed by atoms with van der Waals surface area (Å²) in [6, 6.07) is 10.1. The quantitative estimate of drug-likeness (QED) is 0.281. The Morgan fingerprint density at radius 1 is 1.12 bits per heavy atom. The molecule has 0 aliphatic heterocycles. The van der Waals surface area contributed by atoms with Crippen LogP contribution in [-0.4, -0.2) is 0 Å². The van der Waals surface area contributed by atoms with E-state index in [9.17, 15) is 0 Å². The van der Waals surface area contributed by atoms with Gasteiger partial charge in [-0.25, -0.2) is 0 Å². The van der Waals surface area contributed by atoms with Crippen molar-refractivity contribution in [1.82, 2.24) is 0 Å². The van der Waals surface area contributed by atoms with E-state index in [1.165, 1.54) is 5.30 Å². The molecule has 0 radical (unpaired) electrons. The Morgan fingerprint density at radius 3 is 1.88 bits per heavy atom. The van der Waals surface area contributed by atoms with Gasteiger partial charge in [0.2, 0.25) is 0 Å². The van der Waals surface area contributed by atoms with Crippen molar-refractivity contribution in [2.75, 3.05) is 0 Å². The van der Waals surface area contributed by atoms with Crippen LogP contribution in [0, 0.1) is 0 Å². The molecule has 0 nitrogen and oxygen atoms in total. The number of benzene rings is 1. The molecule has 0 saturated carbocycles. The van der Waals surface area contributed by atoms with Crippen molar-refractivity contribution in [3.8, 4) is 0 Å². The normalized spacial score (nSPS) is 7.62. The largest absolute Gasteiger partial charge is 1.00 e. The second-order valence-corrected chi connectivity index (χ2v) is 2.08. The fourth-order valence-corrected chi connectivity index (χ4v) is 0.675. The molecule has 0 bridgehead atoms. The van der Waals surface area contributed by atoms with Gasteiger partial charge < -0.3 is 1.43 Å². The van der Waals surface area contributed by atoms with Crippen molar-refractivity contribution in [2.45, 2.75) is 0 Å². The molecule has 1 unspecified atom stereocenters. The summed E-state index contributed by atoms with van der Waals surface area (Å²) in [5.74, 6) is 0. The van der Waals surface area contributed by atoms with Crippen LogP contribution < -0.4 is 24.2 Å². The molecule has 0 N–H and O–H groups in total. The molecule has 0 fully saturated rings. The third-order valence-corrected chi connectivity index (χ3v) is 1.18. The zero-order valence-corrected chi connectivity index (χ0v) is 6.12. The van der Waals surface area contributed by atoms with Crippen molar-refractivity contribution in [3.63, 3.8) is 0 Å². The van der Waals surface area contributed by atoms with Crippen LogP contribution in [0.15, 0.2) is 30.3 Å². The first-order valence-corrected chi connectivity index (χ1v) is 2.78. The first kappa shape index (κ1) is 8.25. The first-order chi connectivity index (χ1) is 3.39. The van der Waals surface area contributed by atoms with Gasteiger partial charge in [0.05, 0.1) is 0 Å². The predicted molar refractivity (Wildman–Crippen MR) is 36.9 cm³/mol. The van der Waals surface area contributed by atoms with Crippen LogP contribution in [0.2, 0.25) is 0 Å². The third kappa shape index (κ3) is 2.53. The maximum atomic E-state index is 2.63. The van der Waals surface area contributed by atoms with Crippen molar-refractivity contribution >= 4 is 14.5 Å². The fourth-order valence-electron chi connectivity index (χ4n) is 0.453. The van der Waals surface area contributed by atoms with Gasteiger partial charge in [-0.05, 0) is 5.30 Å². The molecule has 0 amide bonds. The van der Waals surface area contributed by atoms with Gasteiger partial charge in [0, 0.05) is 0 Å². The van der Waals surface area contributed by atoms with Crippen LogP contribution in [0.25, 0.3) is 0 Å². The van der Waals surface area contributed by atoms with Crippen LogP contribution in [0.3, 0.4) is 0 Å². The molecule has 0 heterocycles. The summed E-state index contributed by atoms with van der Waals surface area (Å²) in [6.07, 6.45) is 0. The number of rotatable bonds is 0. The Kier molecular flexibility index (Phi) is 4.29. The molecule has 38 valence electrons. The van der Waals surface area contributed by atoms with E-state index in [1.54, 1.807) is 0 Å². The van der Waals surface area contributed by atoms with E-state index in [4.69, 9.17) is 0 Å². The van der Waals surface area contributed by atoms with Gasteiger partial charge in [0.1, 0.15) is 0 Å². The maximum Gasteiger partial charge on any atom is 1.00 e. The molecule has 2 heteroatoms. The Labute approximate surface area is 65.5 Å². The summed E-state index contributed by atoms with van der Waals surface area (Å²) in [5.41, 5.74) is 0. The Bertz CT molecular complexity index is 143. The molecule has 0 saturated heterocycles. The van der Waals surface area contributed by atoms with Crippen molar-refractivity contribution in [3.05, 3.63) is 30.3 Å². The van der Waals surface area contributed by atoms with Gasteiger partial charge in [-0.3, -0.25) is 0 Å². The van der Waals surface area contributed by atoms with E-state index in [0.29, 0.717) is 0 Å². The predicted octanol–water partition coefficient (Wildman–Crippen LogP) is -1.70. The molecule has 0 aliphatic carbocycles. The number of hydrogen-bond donors (Lipinski definition) is 0. The van der Waals surface area contributed by atoms with Gasteiger partial charge in [-0.2, -0.15) is 0 Å². The summed E-state index contributed by atoms with van der Waals surface area (Å²) >= 11 is 0. The average Bonchev–Trinajstić information content (AvgIpc) is 1.69. The summed E-state index contributed by atoms with van der Waals surface area (Å²) < 4.78 is 0. The Hall–Kier alpha value is 0.247. The second-order valence-electron chi connectivity index (χ2n) is 1.41. The third-order valence-electron chi connectivity index (χ3n) is 0.800. The van der Waals surface area contributed by atoms with E-state index in [-0.39, 0.29) is 20.3 Å².